The minimum Gasteiger partial charge on any atom is -0.341 e. The molecule has 2 heterocycles. The monoisotopic (exact) mass is 361 g/mol. The van der Waals surface area contributed by atoms with Crippen LogP contribution in [-0.2, 0) is 11.0 Å². The predicted molar refractivity (Wildman–Crippen MR) is 83.0 cm³/mol. The first-order valence-corrected chi connectivity index (χ1v) is 7.93. The molecule has 0 aliphatic carbocycles. The number of alkyl halides is 3. The molecule has 1 saturated heterocycles. The van der Waals surface area contributed by atoms with Crippen LogP contribution in [0.1, 0.15) is 12.5 Å². The normalized spacial score (nSPS) is 17.1. The summed E-state index contributed by atoms with van der Waals surface area (Å²) < 4.78 is 37.8. The Morgan fingerprint density at radius 2 is 1.92 bits per heavy atom. The summed E-state index contributed by atoms with van der Waals surface area (Å²) in [5.74, 6) is 0.249. The number of aromatic amines is 1. The minimum absolute atomic E-state index is 0.358. The smallest absolute Gasteiger partial charge is 0.341 e. The Morgan fingerprint density at radius 3 is 2.40 bits per heavy atom. The summed E-state index contributed by atoms with van der Waals surface area (Å²) in [6.45, 7) is 4.20. The molecule has 3 amide bonds. The van der Waals surface area contributed by atoms with Gasteiger partial charge in [0.1, 0.15) is 32.4 Å². The van der Waals surface area contributed by atoms with Crippen LogP contribution in [0, 0.1) is 0 Å². The number of nitrogens with one attached hydrogen (secondary N) is 4. The molecule has 7 nitrogen and oxygen atoms in total. The van der Waals surface area contributed by atoms with Crippen molar-refractivity contribution in [1.82, 2.24) is 10.6 Å². The molecule has 1 atom stereocenters. The molecule has 138 valence electrons. The maximum atomic E-state index is 12.6. The van der Waals surface area contributed by atoms with Crippen LogP contribution in [0.2, 0.25) is 0 Å². The van der Waals surface area contributed by atoms with Gasteiger partial charge < -0.3 is 10.2 Å². The van der Waals surface area contributed by atoms with Gasteiger partial charge in [-0.25, -0.2) is 9.78 Å². The van der Waals surface area contributed by atoms with Crippen molar-refractivity contribution in [3.63, 3.8) is 0 Å². The zero-order chi connectivity index (χ0) is 18.6. The van der Waals surface area contributed by atoms with Crippen LogP contribution < -0.4 is 25.4 Å². The van der Waals surface area contributed by atoms with E-state index in [-0.39, 0.29) is 5.91 Å². The molecule has 1 fully saturated rings. The topological polar surface area (TPSA) is 80.0 Å². The second-order valence-electron chi connectivity index (χ2n) is 5.90. The van der Waals surface area contributed by atoms with Gasteiger partial charge in [0.2, 0.25) is 0 Å². The summed E-state index contributed by atoms with van der Waals surface area (Å²) in [5, 5.41) is 4.58. The summed E-state index contributed by atoms with van der Waals surface area (Å²) >= 11 is 0. The van der Waals surface area contributed by atoms with Gasteiger partial charge in [0.15, 0.2) is 6.04 Å². The van der Waals surface area contributed by atoms with Gasteiger partial charge in [-0.2, -0.15) is 13.2 Å². The number of carbonyl (C=O) groups is 2. The summed E-state index contributed by atoms with van der Waals surface area (Å²) in [6, 6.07) is 1.52. The number of H-pyrrole nitrogens is 1. The average Bonchev–Trinajstić information content (AvgIpc) is 2.60. The van der Waals surface area contributed by atoms with Crippen LogP contribution in [0.4, 0.5) is 23.8 Å². The summed E-state index contributed by atoms with van der Waals surface area (Å²) in [6.07, 6.45) is -3.42. The zero-order valence-electron chi connectivity index (χ0n) is 14.0. The summed E-state index contributed by atoms with van der Waals surface area (Å²) in [5.41, 5.74) is -0.722. The number of urea groups is 1. The number of anilines is 1. The molecule has 0 aromatic carbocycles. The van der Waals surface area contributed by atoms with Gasteiger partial charge in [-0.3, -0.25) is 15.0 Å². The third-order valence-corrected chi connectivity index (χ3v) is 4.34. The number of hydrogen-bond acceptors (Lipinski definition) is 3. The van der Waals surface area contributed by atoms with Crippen molar-refractivity contribution in [2.24, 2.45) is 0 Å². The van der Waals surface area contributed by atoms with Gasteiger partial charge in [0, 0.05) is 13.1 Å². The third-order valence-electron chi connectivity index (χ3n) is 4.34. The lowest BCUT2D eigenvalue weighted by molar-refractivity contribution is -0.914. The fourth-order valence-corrected chi connectivity index (χ4v) is 2.73. The summed E-state index contributed by atoms with van der Waals surface area (Å²) in [7, 11) is 1.43. The lowest BCUT2D eigenvalue weighted by Crippen LogP contribution is -3.19. The number of hydrogen-bond donors (Lipinski definition) is 3. The number of rotatable bonds is 3. The highest BCUT2D eigenvalue weighted by Gasteiger charge is 2.35. The zero-order valence-corrected chi connectivity index (χ0v) is 14.0. The van der Waals surface area contributed by atoms with E-state index in [1.807, 2.05) is 4.90 Å². The van der Waals surface area contributed by atoms with E-state index in [9.17, 15) is 22.8 Å². The van der Waals surface area contributed by atoms with Crippen molar-refractivity contribution < 1.29 is 32.6 Å². The number of quaternary nitrogens is 1. The Morgan fingerprint density at radius 1 is 1.28 bits per heavy atom. The summed E-state index contributed by atoms with van der Waals surface area (Å²) in [4.78, 5) is 28.8. The maximum absolute atomic E-state index is 12.6. The first-order chi connectivity index (χ1) is 11.7. The molecule has 0 radical (unpaired) electrons. The SMILES string of the molecule is CNC(=O)NC(=O)[C@H](C)[NH+]1CCN(c2ccc(C(F)(F)F)c[nH+]2)CC1. The number of halogens is 3. The highest BCUT2D eigenvalue weighted by Crippen LogP contribution is 2.28. The van der Waals surface area contributed by atoms with E-state index in [2.05, 4.69) is 15.6 Å². The second kappa shape index (κ2) is 7.68. The molecule has 1 aromatic heterocycles. The Balaban J connectivity index is 1.91. The fraction of sp³-hybridized carbons (Fsp3) is 0.533. The molecule has 2 rings (SSSR count). The van der Waals surface area contributed by atoms with Crippen LogP contribution in [0.5, 0.6) is 0 Å². The molecule has 10 heteroatoms. The van der Waals surface area contributed by atoms with Crippen molar-refractivity contribution >= 4 is 17.8 Å². The molecule has 4 N–H and O–H groups in total. The van der Waals surface area contributed by atoms with Crippen LogP contribution in [-0.4, -0.2) is 51.2 Å². The van der Waals surface area contributed by atoms with Gasteiger partial charge in [0.25, 0.3) is 11.7 Å². The fourth-order valence-electron chi connectivity index (χ4n) is 2.73. The predicted octanol–water partition coefficient (Wildman–Crippen LogP) is -0.931. The van der Waals surface area contributed by atoms with E-state index in [1.54, 1.807) is 6.92 Å². The van der Waals surface area contributed by atoms with Gasteiger partial charge in [0.05, 0.1) is 5.56 Å². The average molecular weight is 361 g/mol. The lowest BCUT2D eigenvalue weighted by atomic mass is 10.2. The molecular formula is C15H22F3N5O2+2. The van der Waals surface area contributed by atoms with Crippen molar-refractivity contribution in [2.75, 3.05) is 38.1 Å². The second-order valence-corrected chi connectivity index (χ2v) is 5.90. The highest BCUT2D eigenvalue weighted by molar-refractivity contribution is 5.96. The maximum Gasteiger partial charge on any atom is 0.419 e. The Labute approximate surface area is 143 Å². The molecule has 0 saturated carbocycles. The van der Waals surface area contributed by atoms with Crippen molar-refractivity contribution in [2.45, 2.75) is 19.1 Å². The first-order valence-electron chi connectivity index (χ1n) is 7.93. The van der Waals surface area contributed by atoms with E-state index >= 15 is 0 Å². The van der Waals surface area contributed by atoms with Crippen LogP contribution in [0.3, 0.4) is 0 Å². The molecule has 0 unspecified atom stereocenters. The Kier molecular flexibility index (Phi) is 5.83. The molecule has 25 heavy (non-hydrogen) atoms. The Hall–Kier alpha value is -2.36. The first kappa shape index (κ1) is 19.0. The molecule has 0 spiro atoms. The van der Waals surface area contributed by atoms with Crippen LogP contribution in [0.25, 0.3) is 0 Å². The van der Waals surface area contributed by atoms with Gasteiger partial charge in [-0.05, 0) is 13.0 Å². The molecule has 1 aromatic rings. The largest absolute Gasteiger partial charge is 0.419 e. The highest BCUT2D eigenvalue weighted by atomic mass is 19.4. The van der Waals surface area contributed by atoms with E-state index < -0.39 is 23.8 Å². The number of nitrogens with zero attached hydrogens (tertiary/aromatic N) is 1. The Bertz CT molecular complexity index is 613. The van der Waals surface area contributed by atoms with Gasteiger partial charge in [-0.1, -0.05) is 0 Å². The van der Waals surface area contributed by atoms with Gasteiger partial charge in [-0.15, -0.1) is 0 Å². The molecule has 0 bridgehead atoms. The lowest BCUT2D eigenvalue weighted by Gasteiger charge is -2.31. The number of amides is 3. The van der Waals surface area contributed by atoms with Crippen molar-refractivity contribution in [1.29, 1.82) is 0 Å². The minimum atomic E-state index is -4.37. The van der Waals surface area contributed by atoms with Crippen LogP contribution >= 0.6 is 0 Å². The number of pyridine rings is 1. The number of aromatic nitrogens is 1. The third kappa shape index (κ3) is 4.81. The molecular weight excluding hydrogens is 339 g/mol. The van der Waals surface area contributed by atoms with Crippen LogP contribution in [0.15, 0.2) is 18.3 Å². The molecule has 1 aliphatic heterocycles. The van der Waals surface area contributed by atoms with E-state index in [0.29, 0.717) is 32.0 Å². The van der Waals surface area contributed by atoms with E-state index in [1.165, 1.54) is 13.1 Å². The molecule has 1 aliphatic rings. The van der Waals surface area contributed by atoms with E-state index in [0.717, 1.165) is 17.2 Å². The van der Waals surface area contributed by atoms with Crippen molar-refractivity contribution in [3.05, 3.63) is 23.9 Å². The van der Waals surface area contributed by atoms with Crippen molar-refractivity contribution in [3.8, 4) is 0 Å². The number of carbonyl (C=O) groups excluding carboxylic acids is 2. The quantitative estimate of drug-likeness (QED) is 0.651. The number of imide groups is 1. The standard InChI is InChI=1S/C15H20F3N5O2/c1-10(13(24)21-14(25)19-2)22-5-7-23(8-6-22)12-4-3-11(9-20-12)15(16,17)18/h3-4,9-10H,5-8H2,1-2H3,(H2,19,21,24,25)/p+2/t10-/m0/s1. The van der Waals surface area contributed by atoms with E-state index in [4.69, 9.17) is 0 Å². The number of piperazine rings is 1. The van der Waals surface area contributed by atoms with Gasteiger partial charge >= 0.3 is 12.2 Å².